The van der Waals surface area contributed by atoms with E-state index in [4.69, 9.17) is 4.74 Å². The fourth-order valence-electron chi connectivity index (χ4n) is 4.00. The molecule has 4 aromatic rings. The predicted molar refractivity (Wildman–Crippen MR) is 122 cm³/mol. The van der Waals surface area contributed by atoms with Crippen LogP contribution in [0.5, 0.6) is 0 Å². The molecule has 0 fully saturated rings. The van der Waals surface area contributed by atoms with E-state index >= 15 is 0 Å². The normalized spacial score (nSPS) is 11.0. The number of carbonyl (C=O) groups excluding carboxylic acids is 2. The Morgan fingerprint density at radius 2 is 1.75 bits per heavy atom. The first-order chi connectivity index (χ1) is 15.3. The number of carbonyl (C=O) groups is 2. The molecule has 0 saturated carbocycles. The Bertz CT molecular complexity index is 1410. The summed E-state index contributed by atoms with van der Waals surface area (Å²) in [7, 11) is 1.34. The lowest BCUT2D eigenvalue weighted by Crippen LogP contribution is -2.25. The van der Waals surface area contributed by atoms with Crippen molar-refractivity contribution in [1.82, 2.24) is 14.1 Å². The Kier molecular flexibility index (Phi) is 5.48. The number of ketones is 1. The summed E-state index contributed by atoms with van der Waals surface area (Å²) in [5.41, 5.74) is 4.78. The van der Waals surface area contributed by atoms with Crippen molar-refractivity contribution in [3.05, 3.63) is 93.3 Å². The van der Waals surface area contributed by atoms with Crippen molar-refractivity contribution < 1.29 is 14.3 Å². The lowest BCUT2D eigenvalue weighted by atomic mass is 10.1. The number of para-hydroxylation sites is 1. The minimum absolute atomic E-state index is 0.0959. The maximum atomic E-state index is 13.1. The number of aromatic nitrogens is 3. The minimum atomic E-state index is -0.405. The second-order valence-corrected chi connectivity index (χ2v) is 7.73. The Hall–Kier alpha value is -4.00. The van der Waals surface area contributed by atoms with Gasteiger partial charge in [0.05, 0.1) is 36.4 Å². The first-order valence-electron chi connectivity index (χ1n) is 10.2. The van der Waals surface area contributed by atoms with Crippen molar-refractivity contribution in [3.63, 3.8) is 0 Å². The quantitative estimate of drug-likeness (QED) is 0.356. The number of fused-ring (bicyclic) bond motifs is 1. The van der Waals surface area contributed by atoms with Gasteiger partial charge in [-0.25, -0.2) is 9.78 Å². The van der Waals surface area contributed by atoms with Gasteiger partial charge in [-0.2, -0.15) is 0 Å². The summed E-state index contributed by atoms with van der Waals surface area (Å²) in [4.78, 5) is 42.0. The van der Waals surface area contributed by atoms with E-state index in [1.54, 1.807) is 30.3 Å². The van der Waals surface area contributed by atoms with Crippen LogP contribution in [-0.4, -0.2) is 33.0 Å². The Labute approximate surface area is 184 Å². The predicted octanol–water partition coefficient (Wildman–Crippen LogP) is 3.78. The molecule has 162 valence electrons. The highest BCUT2D eigenvalue weighted by molar-refractivity contribution is 5.97. The SMILES string of the molecule is COC(=O)c1ccc(-n2c(C)cc(C(=O)Cn3cnc4c(C)cccc4c3=O)c2C)cc1. The highest BCUT2D eigenvalue weighted by atomic mass is 16.5. The number of esters is 1. The molecule has 0 atom stereocenters. The van der Waals surface area contributed by atoms with Gasteiger partial charge in [0.25, 0.3) is 5.56 Å². The van der Waals surface area contributed by atoms with Crippen LogP contribution in [0.3, 0.4) is 0 Å². The number of benzene rings is 2. The van der Waals surface area contributed by atoms with E-state index in [9.17, 15) is 14.4 Å². The van der Waals surface area contributed by atoms with Crippen molar-refractivity contribution in [1.29, 1.82) is 0 Å². The maximum Gasteiger partial charge on any atom is 0.337 e. The summed E-state index contributed by atoms with van der Waals surface area (Å²) in [6, 6.07) is 14.2. The van der Waals surface area contributed by atoms with Crippen LogP contribution in [0.15, 0.2) is 59.7 Å². The molecule has 2 aromatic carbocycles. The topological polar surface area (TPSA) is 83.2 Å². The van der Waals surface area contributed by atoms with Crippen LogP contribution in [-0.2, 0) is 11.3 Å². The van der Waals surface area contributed by atoms with Crippen molar-refractivity contribution in [2.75, 3.05) is 7.11 Å². The third-order valence-corrected chi connectivity index (χ3v) is 5.65. The minimum Gasteiger partial charge on any atom is -0.465 e. The van der Waals surface area contributed by atoms with E-state index in [0.29, 0.717) is 22.0 Å². The number of hydrogen-bond donors (Lipinski definition) is 0. The van der Waals surface area contributed by atoms with Gasteiger partial charge in [0.1, 0.15) is 0 Å². The average Bonchev–Trinajstić information content (AvgIpc) is 3.09. The van der Waals surface area contributed by atoms with E-state index in [-0.39, 0.29) is 17.9 Å². The molecule has 0 amide bonds. The van der Waals surface area contributed by atoms with Gasteiger partial charge in [-0.15, -0.1) is 0 Å². The molecule has 7 nitrogen and oxygen atoms in total. The number of nitrogens with zero attached hydrogens (tertiary/aromatic N) is 3. The molecule has 32 heavy (non-hydrogen) atoms. The van der Waals surface area contributed by atoms with Gasteiger partial charge in [-0.1, -0.05) is 12.1 Å². The Morgan fingerprint density at radius 1 is 1.03 bits per heavy atom. The van der Waals surface area contributed by atoms with Gasteiger partial charge in [0, 0.05) is 22.6 Å². The molecule has 0 saturated heterocycles. The summed E-state index contributed by atoms with van der Waals surface area (Å²) >= 11 is 0. The van der Waals surface area contributed by atoms with Gasteiger partial charge in [-0.3, -0.25) is 14.2 Å². The zero-order valence-corrected chi connectivity index (χ0v) is 18.4. The van der Waals surface area contributed by atoms with Gasteiger partial charge in [0.2, 0.25) is 0 Å². The number of Topliss-reactive ketones (excluding diaryl/α,β-unsaturated/α-hetero) is 1. The number of aryl methyl sites for hydroxylation is 2. The third-order valence-electron chi connectivity index (χ3n) is 5.65. The summed E-state index contributed by atoms with van der Waals surface area (Å²) in [6.07, 6.45) is 1.43. The van der Waals surface area contributed by atoms with Crippen molar-refractivity contribution in [2.45, 2.75) is 27.3 Å². The summed E-state index contributed by atoms with van der Waals surface area (Å²) < 4.78 is 8.03. The van der Waals surface area contributed by atoms with E-state index in [0.717, 1.165) is 22.6 Å². The molecule has 0 radical (unpaired) electrons. The molecule has 0 N–H and O–H groups in total. The maximum absolute atomic E-state index is 13.1. The van der Waals surface area contributed by atoms with Crippen LogP contribution < -0.4 is 5.56 Å². The fraction of sp³-hybridized carbons (Fsp3) is 0.200. The molecule has 0 bridgehead atoms. The summed E-state index contributed by atoms with van der Waals surface area (Å²) in [5, 5.41) is 0.497. The average molecular weight is 429 g/mol. The molecule has 7 heteroatoms. The molecule has 0 aliphatic carbocycles. The second kappa shape index (κ2) is 8.26. The van der Waals surface area contributed by atoms with Crippen LogP contribution in [0.1, 0.15) is 37.7 Å². The standard InChI is InChI=1S/C25H23N3O4/c1-15-6-5-7-20-23(15)26-14-27(24(20)30)13-22(29)21-12-16(2)28(17(21)3)19-10-8-18(9-11-19)25(31)32-4/h5-12,14H,13H2,1-4H3. The number of hydrogen-bond acceptors (Lipinski definition) is 5. The molecule has 0 aliphatic heterocycles. The van der Waals surface area contributed by atoms with Crippen LogP contribution in [0, 0.1) is 20.8 Å². The van der Waals surface area contributed by atoms with Crippen LogP contribution in [0.2, 0.25) is 0 Å². The summed E-state index contributed by atoms with van der Waals surface area (Å²) in [5.74, 6) is -0.579. The molecule has 0 unspecified atom stereocenters. The Morgan fingerprint density at radius 3 is 2.44 bits per heavy atom. The molecule has 2 heterocycles. The lowest BCUT2D eigenvalue weighted by molar-refractivity contribution is 0.0600. The molecule has 0 aliphatic rings. The first kappa shape index (κ1) is 21.2. The van der Waals surface area contributed by atoms with Crippen LogP contribution in [0.4, 0.5) is 0 Å². The fourth-order valence-corrected chi connectivity index (χ4v) is 4.00. The zero-order valence-electron chi connectivity index (χ0n) is 18.4. The number of rotatable bonds is 5. The number of ether oxygens (including phenoxy) is 1. The molecular weight excluding hydrogens is 406 g/mol. The monoisotopic (exact) mass is 429 g/mol. The van der Waals surface area contributed by atoms with E-state index in [1.807, 2.05) is 43.5 Å². The molecule has 2 aromatic heterocycles. The Balaban J connectivity index is 1.66. The van der Waals surface area contributed by atoms with Crippen molar-refractivity contribution >= 4 is 22.7 Å². The smallest absolute Gasteiger partial charge is 0.337 e. The van der Waals surface area contributed by atoms with Crippen LogP contribution >= 0.6 is 0 Å². The molecular formula is C25H23N3O4. The van der Waals surface area contributed by atoms with E-state index in [2.05, 4.69) is 4.98 Å². The number of methoxy groups -OCH3 is 1. The van der Waals surface area contributed by atoms with Crippen molar-refractivity contribution in [3.8, 4) is 5.69 Å². The highest BCUT2D eigenvalue weighted by Crippen LogP contribution is 2.22. The van der Waals surface area contributed by atoms with E-state index < -0.39 is 5.97 Å². The summed E-state index contributed by atoms with van der Waals surface area (Å²) in [6.45, 7) is 5.57. The van der Waals surface area contributed by atoms with E-state index in [1.165, 1.54) is 18.0 Å². The van der Waals surface area contributed by atoms with Crippen molar-refractivity contribution in [2.24, 2.45) is 0 Å². The molecule has 4 rings (SSSR count). The second-order valence-electron chi connectivity index (χ2n) is 7.73. The third kappa shape index (κ3) is 3.62. The van der Waals surface area contributed by atoms with Gasteiger partial charge < -0.3 is 9.30 Å². The highest BCUT2D eigenvalue weighted by Gasteiger charge is 2.18. The largest absolute Gasteiger partial charge is 0.465 e. The van der Waals surface area contributed by atoms with Gasteiger partial charge in [-0.05, 0) is 62.7 Å². The van der Waals surface area contributed by atoms with Gasteiger partial charge in [0.15, 0.2) is 5.78 Å². The molecule has 0 spiro atoms. The zero-order chi connectivity index (χ0) is 23.0. The van der Waals surface area contributed by atoms with Gasteiger partial charge >= 0.3 is 5.97 Å². The lowest BCUT2D eigenvalue weighted by Gasteiger charge is -2.11. The van der Waals surface area contributed by atoms with Crippen LogP contribution in [0.25, 0.3) is 16.6 Å². The first-order valence-corrected chi connectivity index (χ1v) is 10.2.